The highest BCUT2D eigenvalue weighted by molar-refractivity contribution is 5.15. The maximum absolute atomic E-state index is 6.54. The molecule has 6 nitrogen and oxygen atoms in total. The number of hydrogen-bond donors (Lipinski definition) is 1. The van der Waals surface area contributed by atoms with Gasteiger partial charge < -0.3 is 29.4 Å². The fourth-order valence-corrected chi connectivity index (χ4v) is 4.08. The second-order valence-corrected chi connectivity index (χ2v) is 8.38. The Labute approximate surface area is 201 Å². The Bertz CT molecular complexity index is 956. The summed E-state index contributed by atoms with van der Waals surface area (Å²) < 4.78 is 30.5. The van der Waals surface area contributed by atoms with E-state index in [2.05, 4.69) is 0 Å². The fourth-order valence-electron chi connectivity index (χ4n) is 4.08. The summed E-state index contributed by atoms with van der Waals surface area (Å²) in [4.78, 5) is 0. The quantitative estimate of drug-likeness (QED) is 0.462. The van der Waals surface area contributed by atoms with Crippen LogP contribution in [0.2, 0.25) is 0 Å². The molecule has 1 aliphatic rings. The topological polar surface area (TPSA) is 72.2 Å². The van der Waals surface area contributed by atoms with Gasteiger partial charge in [-0.1, -0.05) is 91.0 Å². The molecule has 0 radical (unpaired) electrons. The van der Waals surface area contributed by atoms with Crippen LogP contribution in [0.4, 0.5) is 0 Å². The molecule has 0 aliphatic carbocycles. The van der Waals surface area contributed by atoms with Gasteiger partial charge in [-0.05, 0) is 16.7 Å². The van der Waals surface area contributed by atoms with Gasteiger partial charge in [0.25, 0.3) is 0 Å². The van der Waals surface area contributed by atoms with Crippen LogP contribution in [0, 0.1) is 0 Å². The van der Waals surface area contributed by atoms with Gasteiger partial charge in [-0.2, -0.15) is 0 Å². The second kappa shape index (κ2) is 12.8. The van der Waals surface area contributed by atoms with E-state index < -0.39 is 30.6 Å². The smallest absolute Gasteiger partial charge is 0.175 e. The lowest BCUT2D eigenvalue weighted by Crippen LogP contribution is -2.63. The van der Waals surface area contributed by atoms with Crippen LogP contribution in [0.15, 0.2) is 91.0 Å². The average Bonchev–Trinajstić information content (AvgIpc) is 2.89. The molecular formula is C28H33NO5. The van der Waals surface area contributed by atoms with Gasteiger partial charge >= 0.3 is 0 Å². The predicted molar refractivity (Wildman–Crippen MR) is 130 cm³/mol. The Morgan fingerprint density at radius 3 is 1.65 bits per heavy atom. The highest BCUT2D eigenvalue weighted by Gasteiger charge is 2.46. The Kier molecular flexibility index (Phi) is 9.21. The van der Waals surface area contributed by atoms with Crippen LogP contribution in [0.3, 0.4) is 0 Å². The van der Waals surface area contributed by atoms with Crippen molar-refractivity contribution in [3.8, 4) is 0 Å². The largest absolute Gasteiger partial charge is 0.374 e. The van der Waals surface area contributed by atoms with Crippen LogP contribution in [0.1, 0.15) is 16.7 Å². The van der Waals surface area contributed by atoms with Crippen molar-refractivity contribution in [2.75, 3.05) is 13.7 Å². The molecule has 180 valence electrons. The van der Waals surface area contributed by atoms with Crippen molar-refractivity contribution in [3.63, 3.8) is 0 Å². The zero-order valence-electron chi connectivity index (χ0n) is 19.5. The molecule has 6 heteroatoms. The summed E-state index contributed by atoms with van der Waals surface area (Å²) in [6.07, 6.45) is -1.89. The molecule has 1 aliphatic heterocycles. The maximum Gasteiger partial charge on any atom is 0.175 e. The van der Waals surface area contributed by atoms with E-state index in [0.29, 0.717) is 26.4 Å². The normalized spacial score (nSPS) is 24.7. The van der Waals surface area contributed by atoms with Gasteiger partial charge in [-0.25, -0.2) is 0 Å². The minimum atomic E-state index is -0.623. The molecule has 3 unspecified atom stereocenters. The molecule has 0 spiro atoms. The first kappa shape index (κ1) is 24.5. The van der Waals surface area contributed by atoms with E-state index in [9.17, 15) is 0 Å². The van der Waals surface area contributed by atoms with Crippen molar-refractivity contribution in [1.82, 2.24) is 0 Å². The highest BCUT2D eigenvalue weighted by atomic mass is 16.7. The number of rotatable bonds is 11. The van der Waals surface area contributed by atoms with Gasteiger partial charge in [0.1, 0.15) is 18.3 Å². The lowest BCUT2D eigenvalue weighted by atomic mass is 9.96. The third-order valence-corrected chi connectivity index (χ3v) is 5.89. The molecule has 0 bridgehead atoms. The van der Waals surface area contributed by atoms with Crippen LogP contribution in [0.25, 0.3) is 0 Å². The third-order valence-electron chi connectivity index (χ3n) is 5.89. The summed E-state index contributed by atoms with van der Waals surface area (Å²) in [6, 6.07) is 29.6. The Morgan fingerprint density at radius 1 is 0.676 bits per heavy atom. The Balaban J connectivity index is 1.48. The van der Waals surface area contributed by atoms with Gasteiger partial charge in [0.15, 0.2) is 6.29 Å². The summed E-state index contributed by atoms with van der Waals surface area (Å²) in [5.74, 6) is 0. The fraction of sp³-hybridized carbons (Fsp3) is 0.357. The summed E-state index contributed by atoms with van der Waals surface area (Å²) in [5, 5.41) is 0. The SMILES string of the molecule is CO[C@H]1OC(COCc2ccccc2)[C@@H](OCc2ccccc2)C(OCc2ccccc2)C1N. The highest BCUT2D eigenvalue weighted by Crippen LogP contribution is 2.27. The summed E-state index contributed by atoms with van der Waals surface area (Å²) >= 11 is 0. The first-order chi connectivity index (χ1) is 16.7. The molecular weight excluding hydrogens is 430 g/mol. The number of ether oxygens (including phenoxy) is 5. The molecule has 1 saturated heterocycles. The van der Waals surface area contributed by atoms with Gasteiger partial charge in [-0.15, -0.1) is 0 Å². The molecule has 34 heavy (non-hydrogen) atoms. The van der Waals surface area contributed by atoms with E-state index in [-0.39, 0.29) is 0 Å². The second-order valence-electron chi connectivity index (χ2n) is 8.38. The van der Waals surface area contributed by atoms with Crippen molar-refractivity contribution in [1.29, 1.82) is 0 Å². The Hall–Kier alpha value is -2.58. The van der Waals surface area contributed by atoms with E-state index in [1.165, 1.54) is 0 Å². The molecule has 2 N–H and O–H groups in total. The predicted octanol–water partition coefficient (Wildman–Crippen LogP) is 4.07. The molecule has 0 aromatic heterocycles. The van der Waals surface area contributed by atoms with Gasteiger partial charge in [0.05, 0.1) is 32.5 Å². The number of benzene rings is 3. The van der Waals surface area contributed by atoms with E-state index >= 15 is 0 Å². The van der Waals surface area contributed by atoms with Gasteiger partial charge in [-0.3, -0.25) is 0 Å². The van der Waals surface area contributed by atoms with Crippen LogP contribution in [-0.2, 0) is 43.5 Å². The van der Waals surface area contributed by atoms with E-state index in [1.807, 2.05) is 91.0 Å². The van der Waals surface area contributed by atoms with Crippen molar-refractivity contribution in [2.45, 2.75) is 50.5 Å². The van der Waals surface area contributed by atoms with Gasteiger partial charge in [0, 0.05) is 7.11 Å². The molecule has 4 rings (SSSR count). The minimum Gasteiger partial charge on any atom is -0.374 e. The van der Waals surface area contributed by atoms with E-state index in [1.54, 1.807) is 7.11 Å². The van der Waals surface area contributed by atoms with E-state index in [4.69, 9.17) is 29.4 Å². The van der Waals surface area contributed by atoms with Crippen LogP contribution in [-0.4, -0.2) is 44.4 Å². The first-order valence-corrected chi connectivity index (χ1v) is 11.6. The number of nitrogens with two attached hydrogens (primary N) is 1. The first-order valence-electron chi connectivity index (χ1n) is 11.6. The monoisotopic (exact) mass is 463 g/mol. The molecule has 0 amide bonds. The molecule has 1 heterocycles. The van der Waals surface area contributed by atoms with Crippen molar-refractivity contribution in [2.24, 2.45) is 5.73 Å². The molecule has 1 fully saturated rings. The summed E-state index contributed by atoms with van der Waals surface area (Å²) in [5.41, 5.74) is 9.77. The van der Waals surface area contributed by atoms with E-state index in [0.717, 1.165) is 16.7 Å². The molecule has 3 aromatic carbocycles. The summed E-state index contributed by atoms with van der Waals surface area (Å²) in [6.45, 7) is 1.63. The zero-order chi connectivity index (χ0) is 23.6. The molecule has 0 saturated carbocycles. The van der Waals surface area contributed by atoms with Crippen molar-refractivity contribution in [3.05, 3.63) is 108 Å². The number of methoxy groups -OCH3 is 1. The van der Waals surface area contributed by atoms with Crippen LogP contribution >= 0.6 is 0 Å². The average molecular weight is 464 g/mol. The molecule has 5 atom stereocenters. The molecule has 3 aromatic rings. The lowest BCUT2D eigenvalue weighted by Gasteiger charge is -2.44. The standard InChI is InChI=1S/C28H33NO5/c1-30-28-25(29)27(33-19-23-15-9-4-10-16-23)26(32-18-22-13-7-3-8-14-22)24(34-28)20-31-17-21-11-5-2-6-12-21/h2-16,24-28H,17-20,29H2,1H3/t24?,25?,26-,27?,28+/m1/s1. The maximum atomic E-state index is 6.54. The van der Waals surface area contributed by atoms with Crippen molar-refractivity contribution < 1.29 is 23.7 Å². The number of hydrogen-bond acceptors (Lipinski definition) is 6. The Morgan fingerprint density at radius 2 is 1.15 bits per heavy atom. The zero-order valence-corrected chi connectivity index (χ0v) is 19.5. The van der Waals surface area contributed by atoms with Gasteiger partial charge in [0.2, 0.25) is 0 Å². The summed E-state index contributed by atoms with van der Waals surface area (Å²) in [7, 11) is 1.59. The van der Waals surface area contributed by atoms with Crippen LogP contribution < -0.4 is 5.73 Å². The van der Waals surface area contributed by atoms with Crippen molar-refractivity contribution >= 4 is 0 Å². The lowest BCUT2D eigenvalue weighted by molar-refractivity contribution is -0.280. The third kappa shape index (κ3) is 6.73. The minimum absolute atomic E-state index is 0.326. The van der Waals surface area contributed by atoms with Crippen LogP contribution in [0.5, 0.6) is 0 Å².